The zero-order valence-corrected chi connectivity index (χ0v) is 13.6. The third-order valence-electron chi connectivity index (χ3n) is 4.01. The summed E-state index contributed by atoms with van der Waals surface area (Å²) < 4.78 is 17.0. The zero-order chi connectivity index (χ0) is 16.2. The SMILES string of the molecule is CC(C)=CCc1c(OCC2CCCO2)ccc2ccc(=O)oc12. The van der Waals surface area contributed by atoms with E-state index in [0.717, 1.165) is 36.1 Å². The minimum Gasteiger partial charge on any atom is -0.490 e. The quantitative estimate of drug-likeness (QED) is 0.621. The molecule has 1 aliphatic heterocycles. The third-order valence-corrected chi connectivity index (χ3v) is 4.01. The van der Waals surface area contributed by atoms with E-state index in [1.165, 1.54) is 11.6 Å². The van der Waals surface area contributed by atoms with Crippen LogP contribution in [-0.2, 0) is 11.2 Å². The molecule has 1 aliphatic rings. The fourth-order valence-corrected chi connectivity index (χ4v) is 2.77. The van der Waals surface area contributed by atoms with Crippen molar-refractivity contribution in [2.24, 2.45) is 0 Å². The molecule has 4 heteroatoms. The van der Waals surface area contributed by atoms with E-state index in [1.807, 2.05) is 26.0 Å². The molecule has 23 heavy (non-hydrogen) atoms. The Hall–Kier alpha value is -2.07. The van der Waals surface area contributed by atoms with E-state index in [4.69, 9.17) is 13.9 Å². The van der Waals surface area contributed by atoms with E-state index in [-0.39, 0.29) is 11.7 Å². The Labute approximate surface area is 135 Å². The van der Waals surface area contributed by atoms with Crippen LogP contribution in [0.15, 0.2) is 45.1 Å². The fourth-order valence-electron chi connectivity index (χ4n) is 2.77. The minimum absolute atomic E-state index is 0.157. The van der Waals surface area contributed by atoms with Gasteiger partial charge in [-0.2, -0.15) is 0 Å². The number of hydrogen-bond acceptors (Lipinski definition) is 4. The second-order valence-electron chi connectivity index (χ2n) is 6.15. The molecule has 0 aliphatic carbocycles. The first kappa shape index (κ1) is 15.8. The van der Waals surface area contributed by atoms with Crippen molar-refractivity contribution in [3.8, 4) is 5.75 Å². The molecule has 1 saturated heterocycles. The average Bonchev–Trinajstić information content (AvgIpc) is 3.04. The molecule has 0 N–H and O–H groups in total. The summed E-state index contributed by atoms with van der Waals surface area (Å²) >= 11 is 0. The van der Waals surface area contributed by atoms with Gasteiger partial charge in [-0.25, -0.2) is 4.79 Å². The van der Waals surface area contributed by atoms with E-state index in [0.29, 0.717) is 18.6 Å². The Balaban J connectivity index is 1.95. The van der Waals surface area contributed by atoms with Crippen molar-refractivity contribution in [1.29, 1.82) is 0 Å². The van der Waals surface area contributed by atoms with Crippen LogP contribution in [0.4, 0.5) is 0 Å². The third kappa shape index (κ3) is 3.82. The van der Waals surface area contributed by atoms with Gasteiger partial charge in [-0.1, -0.05) is 11.6 Å². The number of rotatable bonds is 5. The van der Waals surface area contributed by atoms with Crippen LogP contribution in [-0.4, -0.2) is 19.3 Å². The largest absolute Gasteiger partial charge is 0.490 e. The summed E-state index contributed by atoms with van der Waals surface area (Å²) in [5, 5.41) is 0.909. The number of hydrogen-bond donors (Lipinski definition) is 0. The molecule has 1 aromatic carbocycles. The lowest BCUT2D eigenvalue weighted by Crippen LogP contribution is -2.17. The maximum atomic E-state index is 11.6. The monoisotopic (exact) mass is 314 g/mol. The highest BCUT2D eigenvalue weighted by atomic mass is 16.5. The highest BCUT2D eigenvalue weighted by Crippen LogP contribution is 2.29. The van der Waals surface area contributed by atoms with Gasteiger partial charge in [-0.15, -0.1) is 0 Å². The van der Waals surface area contributed by atoms with E-state index in [2.05, 4.69) is 6.08 Å². The standard InChI is InChI=1S/C19H22O4/c1-13(2)5-8-16-17(22-12-15-4-3-11-21-15)9-6-14-7-10-18(20)23-19(14)16/h5-7,9-10,15H,3-4,8,11-12H2,1-2H3. The Kier molecular flexibility index (Phi) is 4.82. The fraction of sp³-hybridized carbons (Fsp3) is 0.421. The van der Waals surface area contributed by atoms with Gasteiger partial charge in [-0.3, -0.25) is 0 Å². The van der Waals surface area contributed by atoms with Crippen LogP contribution in [0.1, 0.15) is 32.3 Å². The van der Waals surface area contributed by atoms with Gasteiger partial charge in [0.05, 0.1) is 6.10 Å². The van der Waals surface area contributed by atoms with Crippen molar-refractivity contribution in [2.75, 3.05) is 13.2 Å². The molecule has 1 aromatic heterocycles. The summed E-state index contributed by atoms with van der Waals surface area (Å²) in [5.41, 5.74) is 2.40. The van der Waals surface area contributed by atoms with Crippen LogP contribution in [0.2, 0.25) is 0 Å². The maximum Gasteiger partial charge on any atom is 0.336 e. The first-order chi connectivity index (χ1) is 11.1. The molecular formula is C19H22O4. The first-order valence-electron chi connectivity index (χ1n) is 8.07. The molecular weight excluding hydrogens is 292 g/mol. The van der Waals surface area contributed by atoms with Gasteiger partial charge in [0.25, 0.3) is 0 Å². The molecule has 0 radical (unpaired) electrons. The second-order valence-corrected chi connectivity index (χ2v) is 6.15. The lowest BCUT2D eigenvalue weighted by Gasteiger charge is -2.15. The topological polar surface area (TPSA) is 48.7 Å². The summed E-state index contributed by atoms with van der Waals surface area (Å²) in [5.74, 6) is 0.764. The second kappa shape index (κ2) is 7.01. The first-order valence-corrected chi connectivity index (χ1v) is 8.07. The van der Waals surface area contributed by atoms with Crippen LogP contribution in [0.5, 0.6) is 5.75 Å². The highest BCUT2D eigenvalue weighted by Gasteiger charge is 2.18. The Bertz CT molecular complexity index is 763. The van der Waals surface area contributed by atoms with Crippen LogP contribution in [0.3, 0.4) is 0 Å². The number of ether oxygens (including phenoxy) is 2. The Morgan fingerprint density at radius 2 is 2.13 bits per heavy atom. The van der Waals surface area contributed by atoms with Crippen molar-refractivity contribution in [3.63, 3.8) is 0 Å². The van der Waals surface area contributed by atoms with E-state index in [9.17, 15) is 4.79 Å². The summed E-state index contributed by atoms with van der Waals surface area (Å²) in [7, 11) is 0. The predicted molar refractivity (Wildman–Crippen MR) is 90.1 cm³/mol. The lowest BCUT2D eigenvalue weighted by atomic mass is 10.1. The van der Waals surface area contributed by atoms with Crippen LogP contribution < -0.4 is 10.4 Å². The van der Waals surface area contributed by atoms with E-state index in [1.54, 1.807) is 6.07 Å². The molecule has 3 rings (SSSR count). The van der Waals surface area contributed by atoms with Crippen molar-refractivity contribution in [2.45, 2.75) is 39.2 Å². The summed E-state index contributed by atoms with van der Waals surface area (Å²) in [6.45, 7) is 5.44. The molecule has 4 nitrogen and oxygen atoms in total. The van der Waals surface area contributed by atoms with Crippen LogP contribution >= 0.6 is 0 Å². The molecule has 122 valence electrons. The lowest BCUT2D eigenvalue weighted by molar-refractivity contribution is 0.0677. The average molecular weight is 314 g/mol. The Morgan fingerprint density at radius 3 is 2.87 bits per heavy atom. The van der Waals surface area contributed by atoms with Crippen molar-refractivity contribution < 1.29 is 13.9 Å². The normalized spacial score (nSPS) is 17.4. The molecule has 2 aromatic rings. The van der Waals surface area contributed by atoms with Crippen LogP contribution in [0.25, 0.3) is 11.0 Å². The molecule has 1 atom stereocenters. The number of allylic oxidation sites excluding steroid dienone is 2. The molecule has 0 bridgehead atoms. The Morgan fingerprint density at radius 1 is 1.30 bits per heavy atom. The van der Waals surface area contributed by atoms with Crippen molar-refractivity contribution in [3.05, 3.63) is 51.9 Å². The van der Waals surface area contributed by atoms with E-state index < -0.39 is 0 Å². The highest BCUT2D eigenvalue weighted by molar-refractivity contribution is 5.82. The summed E-state index contributed by atoms with van der Waals surface area (Å²) in [6.07, 6.45) is 5.07. The molecule has 0 amide bonds. The maximum absolute atomic E-state index is 11.6. The number of fused-ring (bicyclic) bond motifs is 1. The molecule has 2 heterocycles. The van der Waals surface area contributed by atoms with Crippen molar-refractivity contribution >= 4 is 11.0 Å². The van der Waals surface area contributed by atoms with Gasteiger partial charge in [0.2, 0.25) is 0 Å². The van der Waals surface area contributed by atoms with Gasteiger partial charge < -0.3 is 13.9 Å². The predicted octanol–water partition coefficient (Wildman–Crippen LogP) is 3.86. The van der Waals surface area contributed by atoms with Crippen molar-refractivity contribution in [1.82, 2.24) is 0 Å². The minimum atomic E-state index is -0.341. The molecule has 1 unspecified atom stereocenters. The van der Waals surface area contributed by atoms with Gasteiger partial charge in [0.1, 0.15) is 17.9 Å². The van der Waals surface area contributed by atoms with E-state index >= 15 is 0 Å². The molecule has 0 saturated carbocycles. The van der Waals surface area contributed by atoms with Gasteiger partial charge >= 0.3 is 5.63 Å². The summed E-state index contributed by atoms with van der Waals surface area (Å²) in [6, 6.07) is 7.11. The van der Waals surface area contributed by atoms with Gasteiger partial charge in [0.15, 0.2) is 0 Å². The van der Waals surface area contributed by atoms with Crippen LogP contribution in [0, 0.1) is 0 Å². The van der Waals surface area contributed by atoms with Gasteiger partial charge in [-0.05, 0) is 51.3 Å². The van der Waals surface area contributed by atoms with Gasteiger partial charge in [0, 0.05) is 23.6 Å². The summed E-state index contributed by atoms with van der Waals surface area (Å²) in [4.78, 5) is 11.6. The number of benzene rings is 1. The zero-order valence-electron chi connectivity index (χ0n) is 13.6. The molecule has 0 spiro atoms. The molecule has 1 fully saturated rings. The smallest absolute Gasteiger partial charge is 0.336 e.